The van der Waals surface area contributed by atoms with Crippen molar-refractivity contribution in [1.29, 1.82) is 0 Å². The predicted molar refractivity (Wildman–Crippen MR) is 52.4 cm³/mol. The minimum atomic E-state index is -0.752. The average Bonchev–Trinajstić information content (AvgIpc) is 2.46. The van der Waals surface area contributed by atoms with Crippen LogP contribution in [-0.2, 0) is 11.2 Å². The van der Waals surface area contributed by atoms with E-state index in [0.717, 1.165) is 10.5 Å². The molecule has 1 aromatic carbocycles. The molecule has 0 unspecified atom stereocenters. The Labute approximate surface area is 84.9 Å². The van der Waals surface area contributed by atoms with E-state index in [4.69, 9.17) is 16.7 Å². The fourth-order valence-electron chi connectivity index (χ4n) is 1.34. The number of carboxylic acids is 1. The minimum Gasteiger partial charge on any atom is -0.480 e. The van der Waals surface area contributed by atoms with Crippen molar-refractivity contribution >= 4 is 29.3 Å². The minimum absolute atomic E-state index is 0.339. The lowest BCUT2D eigenvalue weighted by atomic mass is 10.1. The predicted octanol–water partition coefficient (Wildman–Crippen LogP) is 2.44. The van der Waals surface area contributed by atoms with Crippen molar-refractivity contribution in [1.82, 2.24) is 0 Å². The van der Waals surface area contributed by atoms with Crippen molar-refractivity contribution in [3.8, 4) is 0 Å². The molecule has 1 aliphatic heterocycles. The summed E-state index contributed by atoms with van der Waals surface area (Å²) in [6, 6.07) is 5.52. The van der Waals surface area contributed by atoms with Gasteiger partial charge in [-0.05, 0) is 24.1 Å². The van der Waals surface area contributed by atoms with Gasteiger partial charge in [0.1, 0.15) is 5.25 Å². The number of halogens is 1. The summed E-state index contributed by atoms with van der Waals surface area (Å²) in [5, 5.41) is 9.13. The molecule has 0 saturated heterocycles. The smallest absolute Gasteiger partial charge is 0.317 e. The zero-order valence-corrected chi connectivity index (χ0v) is 8.23. The molecule has 2 rings (SSSR count). The molecule has 68 valence electrons. The Morgan fingerprint density at radius 3 is 3.08 bits per heavy atom. The molecule has 0 saturated carbocycles. The summed E-state index contributed by atoms with van der Waals surface area (Å²) in [7, 11) is 0. The van der Waals surface area contributed by atoms with Gasteiger partial charge in [-0.15, -0.1) is 11.8 Å². The van der Waals surface area contributed by atoms with Crippen LogP contribution < -0.4 is 0 Å². The van der Waals surface area contributed by atoms with Gasteiger partial charge in [0, 0.05) is 9.92 Å². The monoisotopic (exact) mass is 214 g/mol. The number of benzene rings is 1. The Morgan fingerprint density at radius 1 is 1.62 bits per heavy atom. The summed E-state index contributed by atoms with van der Waals surface area (Å²) in [5.74, 6) is -0.752. The molecule has 0 aliphatic carbocycles. The normalized spacial score (nSPS) is 19.9. The van der Waals surface area contributed by atoms with E-state index in [1.54, 1.807) is 6.07 Å². The number of fused-ring (bicyclic) bond motifs is 1. The first-order valence-electron chi connectivity index (χ1n) is 3.85. The second-order valence-electron chi connectivity index (χ2n) is 2.90. The van der Waals surface area contributed by atoms with Crippen molar-refractivity contribution in [3.05, 3.63) is 28.8 Å². The van der Waals surface area contributed by atoms with Crippen LogP contribution in [0.1, 0.15) is 5.56 Å². The summed E-state index contributed by atoms with van der Waals surface area (Å²) in [4.78, 5) is 11.7. The molecular weight excluding hydrogens is 208 g/mol. The first-order chi connectivity index (χ1) is 6.16. The molecule has 4 heteroatoms. The summed E-state index contributed by atoms with van der Waals surface area (Å²) in [5.41, 5.74) is 1.09. The van der Waals surface area contributed by atoms with Crippen molar-refractivity contribution in [2.75, 3.05) is 0 Å². The van der Waals surface area contributed by atoms with Crippen LogP contribution in [0.25, 0.3) is 0 Å². The Balaban J connectivity index is 2.30. The first kappa shape index (κ1) is 8.91. The molecule has 1 atom stereocenters. The fourth-order valence-corrected chi connectivity index (χ4v) is 2.74. The van der Waals surface area contributed by atoms with Gasteiger partial charge < -0.3 is 5.11 Å². The van der Waals surface area contributed by atoms with E-state index < -0.39 is 5.97 Å². The van der Waals surface area contributed by atoms with E-state index in [1.165, 1.54) is 11.8 Å². The maximum Gasteiger partial charge on any atom is 0.317 e. The van der Waals surface area contributed by atoms with Crippen LogP contribution in [0.15, 0.2) is 23.1 Å². The van der Waals surface area contributed by atoms with E-state index in [1.807, 2.05) is 12.1 Å². The summed E-state index contributed by atoms with van der Waals surface area (Å²) in [6.45, 7) is 0. The largest absolute Gasteiger partial charge is 0.480 e. The summed E-state index contributed by atoms with van der Waals surface area (Å²) >= 11 is 7.16. The molecule has 13 heavy (non-hydrogen) atoms. The summed E-state index contributed by atoms with van der Waals surface area (Å²) in [6.07, 6.45) is 0.604. The van der Waals surface area contributed by atoms with Crippen LogP contribution >= 0.6 is 23.4 Å². The van der Waals surface area contributed by atoms with Gasteiger partial charge in [-0.1, -0.05) is 17.7 Å². The van der Waals surface area contributed by atoms with Gasteiger partial charge in [0.15, 0.2) is 0 Å². The Hall–Kier alpha value is -0.670. The fraction of sp³-hybridized carbons (Fsp3) is 0.222. The molecule has 1 N–H and O–H groups in total. The van der Waals surface area contributed by atoms with Gasteiger partial charge in [0.05, 0.1) is 0 Å². The number of hydrogen-bond donors (Lipinski definition) is 1. The van der Waals surface area contributed by atoms with Gasteiger partial charge in [0.2, 0.25) is 0 Å². The van der Waals surface area contributed by atoms with Crippen LogP contribution in [0, 0.1) is 0 Å². The molecule has 0 aromatic heterocycles. The molecule has 0 spiro atoms. The molecule has 1 aromatic rings. The number of rotatable bonds is 1. The molecule has 0 amide bonds. The number of aliphatic carboxylic acids is 1. The lowest BCUT2D eigenvalue weighted by molar-refractivity contribution is -0.136. The zero-order chi connectivity index (χ0) is 9.42. The average molecular weight is 215 g/mol. The van der Waals surface area contributed by atoms with Gasteiger partial charge in [0.25, 0.3) is 0 Å². The standard InChI is InChI=1S/C9H7ClO2S/c10-6-2-1-5-3-8(9(11)12)13-7(5)4-6/h1-2,4,8H,3H2,(H,11,12)/t8-/m0/s1. The lowest BCUT2D eigenvalue weighted by Gasteiger charge is -1.98. The van der Waals surface area contributed by atoms with Crippen molar-refractivity contribution in [3.63, 3.8) is 0 Å². The highest BCUT2D eigenvalue weighted by Gasteiger charge is 2.27. The van der Waals surface area contributed by atoms with Crippen LogP contribution in [0.2, 0.25) is 5.02 Å². The van der Waals surface area contributed by atoms with E-state index in [9.17, 15) is 4.79 Å². The molecule has 1 heterocycles. The third-order valence-corrected chi connectivity index (χ3v) is 3.50. The highest BCUT2D eigenvalue weighted by molar-refractivity contribution is 8.01. The zero-order valence-electron chi connectivity index (χ0n) is 6.66. The van der Waals surface area contributed by atoms with E-state index in [-0.39, 0.29) is 5.25 Å². The third-order valence-electron chi connectivity index (χ3n) is 1.98. The second kappa shape index (κ2) is 3.24. The van der Waals surface area contributed by atoms with E-state index in [0.29, 0.717) is 11.4 Å². The second-order valence-corrected chi connectivity index (χ2v) is 4.58. The number of hydrogen-bond acceptors (Lipinski definition) is 2. The maximum atomic E-state index is 10.7. The highest BCUT2D eigenvalue weighted by Crippen LogP contribution is 2.38. The molecule has 0 radical (unpaired) electrons. The van der Waals surface area contributed by atoms with E-state index in [2.05, 4.69) is 0 Å². The van der Waals surface area contributed by atoms with Crippen molar-refractivity contribution in [2.24, 2.45) is 0 Å². The SMILES string of the molecule is O=C(O)[C@@H]1Cc2ccc(Cl)cc2S1. The first-order valence-corrected chi connectivity index (χ1v) is 5.10. The van der Waals surface area contributed by atoms with Gasteiger partial charge in [-0.3, -0.25) is 4.79 Å². The number of carboxylic acid groups (broad SMARTS) is 1. The van der Waals surface area contributed by atoms with Gasteiger partial charge in [-0.2, -0.15) is 0 Å². The Bertz CT molecular complexity index is 365. The summed E-state index contributed by atoms with van der Waals surface area (Å²) < 4.78 is 0. The highest BCUT2D eigenvalue weighted by atomic mass is 35.5. The van der Waals surface area contributed by atoms with Crippen molar-refractivity contribution < 1.29 is 9.90 Å². The maximum absolute atomic E-state index is 10.7. The van der Waals surface area contributed by atoms with Gasteiger partial charge in [-0.25, -0.2) is 0 Å². The number of carbonyl (C=O) groups is 1. The molecule has 1 aliphatic rings. The number of thioether (sulfide) groups is 1. The molecule has 0 fully saturated rings. The third kappa shape index (κ3) is 1.67. The Morgan fingerprint density at radius 2 is 2.38 bits per heavy atom. The topological polar surface area (TPSA) is 37.3 Å². The Kier molecular flexibility index (Phi) is 2.22. The molecular formula is C9H7ClO2S. The van der Waals surface area contributed by atoms with Crippen LogP contribution in [0.4, 0.5) is 0 Å². The van der Waals surface area contributed by atoms with Crippen molar-refractivity contribution in [2.45, 2.75) is 16.6 Å². The quantitative estimate of drug-likeness (QED) is 0.780. The lowest BCUT2D eigenvalue weighted by Crippen LogP contribution is -2.14. The molecule has 0 bridgehead atoms. The van der Waals surface area contributed by atoms with E-state index >= 15 is 0 Å². The molecule has 2 nitrogen and oxygen atoms in total. The van der Waals surface area contributed by atoms with Crippen LogP contribution in [0.5, 0.6) is 0 Å². The van der Waals surface area contributed by atoms with Crippen LogP contribution in [-0.4, -0.2) is 16.3 Å². The van der Waals surface area contributed by atoms with Crippen LogP contribution in [0.3, 0.4) is 0 Å². The van der Waals surface area contributed by atoms with Gasteiger partial charge >= 0.3 is 5.97 Å².